The first-order valence-electron chi connectivity index (χ1n) is 7.60. The highest BCUT2D eigenvalue weighted by atomic mass is 16.5. The van der Waals surface area contributed by atoms with Crippen LogP contribution in [0.25, 0.3) is 6.08 Å². The topological polar surface area (TPSA) is 62.7 Å². The Balaban J connectivity index is 1.76. The van der Waals surface area contributed by atoms with Gasteiger partial charge in [-0.1, -0.05) is 36.4 Å². The van der Waals surface area contributed by atoms with Crippen molar-refractivity contribution in [3.8, 4) is 5.75 Å². The predicted molar refractivity (Wildman–Crippen MR) is 98.2 cm³/mol. The van der Waals surface area contributed by atoms with E-state index in [0.29, 0.717) is 0 Å². The van der Waals surface area contributed by atoms with Crippen LogP contribution < -0.4 is 15.5 Å². The average molecular weight is 323 g/mol. The third kappa shape index (κ3) is 5.96. The molecule has 2 rings (SSSR count). The summed E-state index contributed by atoms with van der Waals surface area (Å²) in [5.74, 6) is 0.560. The van der Waals surface area contributed by atoms with E-state index in [1.165, 1.54) is 0 Å². The average Bonchev–Trinajstić information content (AvgIpc) is 2.61. The van der Waals surface area contributed by atoms with E-state index < -0.39 is 0 Å². The number of ether oxygens (including phenoxy) is 1. The molecule has 2 N–H and O–H groups in total. The lowest BCUT2D eigenvalue weighted by atomic mass is 10.1. The Bertz CT molecular complexity index is 707. The van der Waals surface area contributed by atoms with Gasteiger partial charge < -0.3 is 10.1 Å². The summed E-state index contributed by atoms with van der Waals surface area (Å²) >= 11 is 0. The monoisotopic (exact) mass is 323 g/mol. The van der Waals surface area contributed by atoms with E-state index in [4.69, 9.17) is 4.74 Å². The third-order valence-corrected chi connectivity index (χ3v) is 3.19. The zero-order chi connectivity index (χ0) is 17.2. The SMILES string of the molecule is COc1ccc(NCC(=O)N/N=C/C(C)=C/c2ccccc2)cc1. The van der Waals surface area contributed by atoms with Gasteiger partial charge in [-0.3, -0.25) is 4.79 Å². The van der Waals surface area contributed by atoms with E-state index in [9.17, 15) is 4.79 Å². The molecule has 0 radical (unpaired) electrons. The summed E-state index contributed by atoms with van der Waals surface area (Å²) in [5.41, 5.74) is 5.38. The molecule has 0 fully saturated rings. The molecule has 2 aromatic carbocycles. The molecule has 0 heterocycles. The first-order chi connectivity index (χ1) is 11.7. The van der Waals surface area contributed by atoms with E-state index in [0.717, 1.165) is 22.6 Å². The number of nitrogens with zero attached hydrogens (tertiary/aromatic N) is 1. The van der Waals surface area contributed by atoms with Crippen LogP contribution in [0.5, 0.6) is 5.75 Å². The number of carbonyl (C=O) groups excluding carboxylic acids is 1. The molecule has 0 aliphatic carbocycles. The molecule has 1 amide bonds. The molecule has 0 aromatic heterocycles. The number of amides is 1. The number of allylic oxidation sites excluding steroid dienone is 1. The highest BCUT2D eigenvalue weighted by molar-refractivity contribution is 5.87. The number of methoxy groups -OCH3 is 1. The minimum Gasteiger partial charge on any atom is -0.497 e. The van der Waals surface area contributed by atoms with Crippen LogP contribution >= 0.6 is 0 Å². The van der Waals surface area contributed by atoms with Crippen molar-refractivity contribution in [3.05, 3.63) is 65.7 Å². The van der Waals surface area contributed by atoms with Crippen molar-refractivity contribution in [2.24, 2.45) is 5.10 Å². The van der Waals surface area contributed by atoms with Gasteiger partial charge in [0.2, 0.25) is 0 Å². The molecule has 0 spiro atoms. The summed E-state index contributed by atoms with van der Waals surface area (Å²) in [6, 6.07) is 17.3. The fourth-order valence-electron chi connectivity index (χ4n) is 1.99. The Morgan fingerprint density at radius 1 is 1.12 bits per heavy atom. The lowest BCUT2D eigenvalue weighted by Crippen LogP contribution is -2.25. The molecule has 0 unspecified atom stereocenters. The van der Waals surface area contributed by atoms with Gasteiger partial charge in [0.25, 0.3) is 5.91 Å². The highest BCUT2D eigenvalue weighted by Gasteiger charge is 1.99. The van der Waals surface area contributed by atoms with Crippen molar-refractivity contribution in [3.63, 3.8) is 0 Å². The van der Waals surface area contributed by atoms with Gasteiger partial charge in [-0.05, 0) is 42.3 Å². The molecule has 2 aromatic rings. The summed E-state index contributed by atoms with van der Waals surface area (Å²) in [6.07, 6.45) is 3.61. The van der Waals surface area contributed by atoms with Gasteiger partial charge in [-0.15, -0.1) is 0 Å². The van der Waals surface area contributed by atoms with Crippen molar-refractivity contribution in [2.45, 2.75) is 6.92 Å². The molecular formula is C19H21N3O2. The second-order valence-corrected chi connectivity index (χ2v) is 5.17. The molecule has 24 heavy (non-hydrogen) atoms. The van der Waals surface area contributed by atoms with Crippen LogP contribution in [0, 0.1) is 0 Å². The molecule has 0 bridgehead atoms. The number of hydrogen-bond donors (Lipinski definition) is 2. The predicted octanol–water partition coefficient (Wildman–Crippen LogP) is 3.31. The van der Waals surface area contributed by atoms with Gasteiger partial charge in [0.05, 0.1) is 19.9 Å². The lowest BCUT2D eigenvalue weighted by Gasteiger charge is -2.06. The maximum Gasteiger partial charge on any atom is 0.259 e. The quantitative estimate of drug-likeness (QED) is 0.607. The summed E-state index contributed by atoms with van der Waals surface area (Å²) in [6.45, 7) is 2.07. The van der Waals surface area contributed by atoms with Gasteiger partial charge in [0.15, 0.2) is 0 Å². The van der Waals surface area contributed by atoms with Crippen LogP contribution in [-0.2, 0) is 4.79 Å². The maximum atomic E-state index is 11.7. The van der Waals surface area contributed by atoms with Gasteiger partial charge in [0, 0.05) is 5.69 Å². The standard InChI is InChI=1S/C19H21N3O2/c1-15(12-16-6-4-3-5-7-16)13-21-22-19(23)14-20-17-8-10-18(24-2)11-9-17/h3-13,20H,14H2,1-2H3,(H,22,23)/b15-12+,21-13+. The van der Waals surface area contributed by atoms with Crippen LogP contribution in [0.15, 0.2) is 65.3 Å². The van der Waals surface area contributed by atoms with Gasteiger partial charge in [-0.25, -0.2) is 5.43 Å². The van der Waals surface area contributed by atoms with Crippen LogP contribution in [0.4, 0.5) is 5.69 Å². The number of carbonyl (C=O) groups is 1. The van der Waals surface area contributed by atoms with E-state index in [-0.39, 0.29) is 12.5 Å². The minimum absolute atomic E-state index is 0.144. The Hall–Kier alpha value is -3.08. The molecule has 124 valence electrons. The molecule has 0 aliphatic heterocycles. The Morgan fingerprint density at radius 3 is 2.50 bits per heavy atom. The van der Waals surface area contributed by atoms with Gasteiger partial charge in [-0.2, -0.15) is 5.10 Å². The number of rotatable bonds is 7. The Kier molecular flexibility index (Phi) is 6.58. The zero-order valence-electron chi connectivity index (χ0n) is 13.8. The minimum atomic E-state index is -0.213. The van der Waals surface area contributed by atoms with Crippen LogP contribution in [0.1, 0.15) is 12.5 Å². The smallest absolute Gasteiger partial charge is 0.259 e. The number of nitrogens with one attached hydrogen (secondary N) is 2. The summed E-state index contributed by atoms with van der Waals surface area (Å²) in [5, 5.41) is 6.97. The van der Waals surface area contributed by atoms with Crippen molar-refractivity contribution in [1.82, 2.24) is 5.43 Å². The fourth-order valence-corrected chi connectivity index (χ4v) is 1.99. The molecule has 0 saturated carbocycles. The highest BCUT2D eigenvalue weighted by Crippen LogP contribution is 2.14. The van der Waals surface area contributed by atoms with Crippen LogP contribution in [0.2, 0.25) is 0 Å². The first kappa shape index (κ1) is 17.3. The lowest BCUT2D eigenvalue weighted by molar-refractivity contribution is -0.119. The molecule has 0 atom stereocenters. The normalized spacial score (nSPS) is 11.3. The van der Waals surface area contributed by atoms with Crippen molar-refractivity contribution in [1.29, 1.82) is 0 Å². The van der Waals surface area contributed by atoms with Crippen LogP contribution in [0.3, 0.4) is 0 Å². The summed E-state index contributed by atoms with van der Waals surface area (Å²) in [4.78, 5) is 11.7. The first-order valence-corrected chi connectivity index (χ1v) is 7.60. The van der Waals surface area contributed by atoms with E-state index in [1.54, 1.807) is 13.3 Å². The third-order valence-electron chi connectivity index (χ3n) is 3.19. The number of benzene rings is 2. The number of hydrazone groups is 1. The van der Waals surface area contributed by atoms with E-state index in [1.807, 2.05) is 67.6 Å². The largest absolute Gasteiger partial charge is 0.497 e. The molecule has 5 nitrogen and oxygen atoms in total. The molecule has 0 aliphatic rings. The maximum absolute atomic E-state index is 11.7. The van der Waals surface area contributed by atoms with Crippen molar-refractivity contribution < 1.29 is 9.53 Å². The number of hydrogen-bond acceptors (Lipinski definition) is 4. The second kappa shape index (κ2) is 9.15. The van der Waals surface area contributed by atoms with Gasteiger partial charge >= 0.3 is 0 Å². The summed E-state index contributed by atoms with van der Waals surface area (Å²) < 4.78 is 5.08. The molecule has 5 heteroatoms. The molecular weight excluding hydrogens is 302 g/mol. The fraction of sp³-hybridized carbons (Fsp3) is 0.158. The van der Waals surface area contributed by atoms with Crippen LogP contribution in [-0.4, -0.2) is 25.8 Å². The second-order valence-electron chi connectivity index (χ2n) is 5.17. The summed E-state index contributed by atoms with van der Waals surface area (Å²) in [7, 11) is 1.61. The molecule has 0 saturated heterocycles. The van der Waals surface area contributed by atoms with Gasteiger partial charge in [0.1, 0.15) is 5.75 Å². The Morgan fingerprint density at radius 2 is 1.83 bits per heavy atom. The van der Waals surface area contributed by atoms with E-state index in [2.05, 4.69) is 15.8 Å². The Labute approximate surface area is 142 Å². The van der Waals surface area contributed by atoms with Crippen molar-refractivity contribution >= 4 is 23.9 Å². The zero-order valence-corrected chi connectivity index (χ0v) is 13.8. The van der Waals surface area contributed by atoms with E-state index >= 15 is 0 Å². The number of anilines is 1. The van der Waals surface area contributed by atoms with Crippen molar-refractivity contribution in [2.75, 3.05) is 19.0 Å².